The summed E-state index contributed by atoms with van der Waals surface area (Å²) >= 11 is 6.29. The first-order valence-electron chi connectivity index (χ1n) is 12.5. The fraction of sp³-hybridized carbons (Fsp3) is 0.481. The number of benzene rings is 2. The molecule has 36 heavy (non-hydrogen) atoms. The molecular weight excluding hydrogens is 498 g/mol. The fourth-order valence-corrected chi connectivity index (χ4v) is 5.87. The van der Waals surface area contributed by atoms with Gasteiger partial charge >= 0.3 is 0 Å². The van der Waals surface area contributed by atoms with Crippen LogP contribution in [0.15, 0.2) is 48.5 Å². The molecule has 1 aliphatic carbocycles. The molecule has 196 valence electrons. The lowest BCUT2D eigenvalue weighted by molar-refractivity contribution is -0.140. The second-order valence-electron chi connectivity index (χ2n) is 9.50. The summed E-state index contributed by atoms with van der Waals surface area (Å²) < 4.78 is 26.4. The summed E-state index contributed by atoms with van der Waals surface area (Å²) in [6, 6.07) is 13.6. The molecule has 0 heterocycles. The minimum atomic E-state index is -3.82. The molecule has 1 atom stereocenters. The molecule has 0 aromatic heterocycles. The maximum atomic E-state index is 13.8. The summed E-state index contributed by atoms with van der Waals surface area (Å²) in [6.07, 6.45) is 6.64. The third-order valence-electron chi connectivity index (χ3n) is 6.57. The van der Waals surface area contributed by atoms with Gasteiger partial charge < -0.3 is 10.2 Å². The second kappa shape index (κ2) is 12.6. The maximum Gasteiger partial charge on any atom is 0.244 e. The molecule has 1 N–H and O–H groups in total. The van der Waals surface area contributed by atoms with E-state index in [-0.39, 0.29) is 29.2 Å². The zero-order valence-corrected chi connectivity index (χ0v) is 22.8. The van der Waals surface area contributed by atoms with E-state index in [1.807, 2.05) is 38.1 Å². The Balaban J connectivity index is 1.92. The number of amides is 2. The number of hydrogen-bond acceptors (Lipinski definition) is 4. The van der Waals surface area contributed by atoms with Gasteiger partial charge in [0.25, 0.3) is 0 Å². The first kappa shape index (κ1) is 28.0. The highest BCUT2D eigenvalue weighted by Gasteiger charge is 2.33. The predicted molar refractivity (Wildman–Crippen MR) is 144 cm³/mol. The van der Waals surface area contributed by atoms with Crippen LogP contribution in [0.25, 0.3) is 0 Å². The fourth-order valence-electron chi connectivity index (χ4n) is 4.72. The highest BCUT2D eigenvalue weighted by molar-refractivity contribution is 7.92. The molecule has 9 heteroatoms. The van der Waals surface area contributed by atoms with Gasteiger partial charge in [0.2, 0.25) is 21.8 Å². The van der Waals surface area contributed by atoms with Crippen molar-refractivity contribution in [2.24, 2.45) is 0 Å². The number of carbonyl (C=O) groups excluding carboxylic acids is 2. The van der Waals surface area contributed by atoms with Crippen molar-refractivity contribution < 1.29 is 18.0 Å². The molecule has 2 amide bonds. The van der Waals surface area contributed by atoms with Crippen molar-refractivity contribution in [2.45, 2.75) is 71.0 Å². The van der Waals surface area contributed by atoms with E-state index in [1.54, 1.807) is 24.3 Å². The molecule has 3 rings (SSSR count). The molecule has 0 saturated heterocycles. The van der Waals surface area contributed by atoms with Crippen molar-refractivity contribution in [3.05, 3.63) is 64.7 Å². The van der Waals surface area contributed by atoms with E-state index >= 15 is 0 Å². The standard InChI is InChI=1S/C27H36ClN3O4S/c1-4-24(27(33)29-22-13-6-5-7-14-22)30(18-21-12-10-11-20(2)17-21)26(32)19-31(36(3,34)35)25-16-9-8-15-23(25)28/h8-12,15-17,22,24H,4-7,13-14,18-19H2,1-3H3,(H,29,33)/t24-/m1/s1. The first-order chi connectivity index (χ1) is 17.1. The number of nitrogens with one attached hydrogen (secondary N) is 1. The van der Waals surface area contributed by atoms with E-state index in [0.29, 0.717) is 6.42 Å². The zero-order chi connectivity index (χ0) is 26.3. The first-order valence-corrected chi connectivity index (χ1v) is 14.7. The number of anilines is 1. The molecule has 0 unspecified atom stereocenters. The topological polar surface area (TPSA) is 86.8 Å². The van der Waals surface area contributed by atoms with Crippen LogP contribution in [0.4, 0.5) is 5.69 Å². The van der Waals surface area contributed by atoms with Crippen molar-refractivity contribution in [1.29, 1.82) is 0 Å². The quantitative estimate of drug-likeness (QED) is 0.481. The second-order valence-corrected chi connectivity index (χ2v) is 11.8. The average molecular weight is 534 g/mol. The number of aryl methyl sites for hydroxylation is 1. The van der Waals surface area contributed by atoms with Gasteiger partial charge in [-0.3, -0.25) is 13.9 Å². The molecule has 1 saturated carbocycles. The van der Waals surface area contributed by atoms with Crippen LogP contribution in [-0.2, 0) is 26.2 Å². The van der Waals surface area contributed by atoms with Gasteiger partial charge in [-0.2, -0.15) is 0 Å². The lowest BCUT2D eigenvalue weighted by atomic mass is 9.95. The van der Waals surface area contributed by atoms with E-state index in [4.69, 9.17) is 11.6 Å². The highest BCUT2D eigenvalue weighted by Crippen LogP contribution is 2.28. The molecule has 0 spiro atoms. The lowest BCUT2D eigenvalue weighted by Gasteiger charge is -2.34. The molecule has 0 radical (unpaired) electrons. The number of nitrogens with zero attached hydrogens (tertiary/aromatic N) is 2. The minimum Gasteiger partial charge on any atom is -0.352 e. The van der Waals surface area contributed by atoms with Gasteiger partial charge in [-0.25, -0.2) is 8.42 Å². The molecule has 7 nitrogen and oxygen atoms in total. The Labute approximate surface area is 219 Å². The van der Waals surface area contributed by atoms with E-state index in [9.17, 15) is 18.0 Å². The number of para-hydroxylation sites is 1. The van der Waals surface area contributed by atoms with Gasteiger partial charge in [0.05, 0.1) is 17.0 Å². The van der Waals surface area contributed by atoms with Crippen molar-refractivity contribution in [3.8, 4) is 0 Å². The van der Waals surface area contributed by atoms with Gasteiger partial charge in [-0.15, -0.1) is 0 Å². The maximum absolute atomic E-state index is 13.8. The van der Waals surface area contributed by atoms with E-state index in [2.05, 4.69) is 5.32 Å². The predicted octanol–water partition coefficient (Wildman–Crippen LogP) is 4.67. The molecule has 2 aromatic carbocycles. The van der Waals surface area contributed by atoms with Gasteiger partial charge in [0.1, 0.15) is 12.6 Å². The Hall–Kier alpha value is -2.58. The molecule has 0 aliphatic heterocycles. The SMILES string of the molecule is CC[C@H](C(=O)NC1CCCCC1)N(Cc1cccc(C)c1)C(=O)CN(c1ccccc1Cl)S(C)(=O)=O. The van der Waals surface area contributed by atoms with Gasteiger partial charge in [0, 0.05) is 12.6 Å². The Morgan fingerprint density at radius 2 is 1.78 bits per heavy atom. The molecule has 2 aromatic rings. The smallest absolute Gasteiger partial charge is 0.244 e. The van der Waals surface area contributed by atoms with Crippen LogP contribution in [0.2, 0.25) is 5.02 Å². The van der Waals surface area contributed by atoms with Crippen LogP contribution in [-0.4, -0.2) is 50.0 Å². The number of sulfonamides is 1. The highest BCUT2D eigenvalue weighted by atomic mass is 35.5. The summed E-state index contributed by atoms with van der Waals surface area (Å²) in [5, 5.41) is 3.37. The summed E-state index contributed by atoms with van der Waals surface area (Å²) in [5.74, 6) is -0.665. The Bertz CT molecular complexity index is 1170. The van der Waals surface area contributed by atoms with Crippen LogP contribution in [0.1, 0.15) is 56.6 Å². The van der Waals surface area contributed by atoms with E-state index < -0.39 is 28.5 Å². The monoisotopic (exact) mass is 533 g/mol. The van der Waals surface area contributed by atoms with Crippen LogP contribution in [0.5, 0.6) is 0 Å². The number of hydrogen-bond donors (Lipinski definition) is 1. The Morgan fingerprint density at radius 3 is 2.39 bits per heavy atom. The molecule has 0 bridgehead atoms. The van der Waals surface area contributed by atoms with E-state index in [0.717, 1.165) is 47.4 Å². The zero-order valence-electron chi connectivity index (χ0n) is 21.2. The van der Waals surface area contributed by atoms with Crippen molar-refractivity contribution >= 4 is 39.1 Å². The summed E-state index contributed by atoms with van der Waals surface area (Å²) in [5.41, 5.74) is 2.13. The third-order valence-corrected chi connectivity index (χ3v) is 8.02. The van der Waals surface area contributed by atoms with E-state index in [1.165, 1.54) is 11.3 Å². The van der Waals surface area contributed by atoms with Crippen LogP contribution >= 0.6 is 11.6 Å². The van der Waals surface area contributed by atoms with Crippen molar-refractivity contribution in [1.82, 2.24) is 10.2 Å². The number of carbonyl (C=O) groups is 2. The largest absolute Gasteiger partial charge is 0.352 e. The normalized spacial score (nSPS) is 15.2. The Morgan fingerprint density at radius 1 is 1.08 bits per heavy atom. The summed E-state index contributed by atoms with van der Waals surface area (Å²) in [7, 11) is -3.82. The average Bonchev–Trinajstić information content (AvgIpc) is 2.83. The van der Waals surface area contributed by atoms with Gasteiger partial charge in [0.15, 0.2) is 0 Å². The number of halogens is 1. The van der Waals surface area contributed by atoms with Gasteiger partial charge in [-0.05, 0) is 43.9 Å². The van der Waals surface area contributed by atoms with Crippen LogP contribution in [0, 0.1) is 6.92 Å². The lowest BCUT2D eigenvalue weighted by Crippen LogP contribution is -2.54. The number of rotatable bonds is 10. The van der Waals surface area contributed by atoms with Gasteiger partial charge in [-0.1, -0.05) is 79.7 Å². The minimum absolute atomic E-state index is 0.104. The van der Waals surface area contributed by atoms with Crippen molar-refractivity contribution in [2.75, 3.05) is 17.1 Å². The summed E-state index contributed by atoms with van der Waals surface area (Å²) in [4.78, 5) is 28.7. The summed E-state index contributed by atoms with van der Waals surface area (Å²) in [6.45, 7) is 3.56. The Kier molecular flexibility index (Phi) is 9.79. The third kappa shape index (κ3) is 7.46. The molecule has 1 aliphatic rings. The molecule has 1 fully saturated rings. The van der Waals surface area contributed by atoms with Crippen molar-refractivity contribution in [3.63, 3.8) is 0 Å². The van der Waals surface area contributed by atoms with Crippen LogP contribution in [0.3, 0.4) is 0 Å². The van der Waals surface area contributed by atoms with Crippen LogP contribution < -0.4 is 9.62 Å². The molecular formula is C27H36ClN3O4S.